The smallest absolute Gasteiger partial charge is 0.309 e. The Kier molecular flexibility index (Phi) is 24.8. The fraction of sp³-hybridized carbons (Fsp3) is 0.522. The minimum atomic E-state index is -0.562. The van der Waals surface area contributed by atoms with E-state index in [1.165, 1.54) is 49.7 Å². The van der Waals surface area contributed by atoms with Crippen LogP contribution in [-0.4, -0.2) is 85.1 Å². The maximum atomic E-state index is 12.3. The van der Waals surface area contributed by atoms with E-state index in [2.05, 4.69) is 57.2 Å². The number of esters is 2. The molecule has 13 nitrogen and oxygen atoms in total. The topological polar surface area (TPSA) is 146 Å². The predicted molar refractivity (Wildman–Crippen MR) is 234 cm³/mol. The van der Waals surface area contributed by atoms with Crippen LogP contribution in [0.15, 0.2) is 70.9 Å². The summed E-state index contributed by atoms with van der Waals surface area (Å²) in [6.45, 7) is 18.0. The van der Waals surface area contributed by atoms with Crippen LogP contribution in [0.4, 0.5) is 22.1 Å². The quantitative estimate of drug-likeness (QED) is 0.0202. The molecule has 0 fully saturated rings. The van der Waals surface area contributed by atoms with Crippen LogP contribution in [0.5, 0.6) is 0 Å². The number of carbonyl (C=O) groups is 2. The first-order valence-electron chi connectivity index (χ1n) is 20.7. The van der Waals surface area contributed by atoms with Crippen LogP contribution in [0, 0.1) is 37.7 Å². The van der Waals surface area contributed by atoms with E-state index in [4.69, 9.17) is 35.0 Å². The maximum Gasteiger partial charge on any atom is 0.309 e. The van der Waals surface area contributed by atoms with Crippen molar-refractivity contribution in [3.63, 3.8) is 0 Å². The molecular formula is C46H61N5O8S. The molecule has 1 atom stereocenters. The van der Waals surface area contributed by atoms with Gasteiger partial charge in [-0.05, 0) is 68.0 Å². The Bertz CT molecular complexity index is 1850. The third kappa shape index (κ3) is 19.0. The van der Waals surface area contributed by atoms with Gasteiger partial charge in [-0.3, -0.25) is 9.59 Å². The van der Waals surface area contributed by atoms with Crippen LogP contribution in [-0.2, 0) is 44.6 Å². The molecule has 0 aliphatic heterocycles. The van der Waals surface area contributed by atoms with Gasteiger partial charge in [0.2, 0.25) is 5.69 Å². The van der Waals surface area contributed by atoms with Gasteiger partial charge in [-0.25, -0.2) is 4.85 Å². The highest BCUT2D eigenvalue weighted by Gasteiger charge is 2.22. The van der Waals surface area contributed by atoms with Crippen molar-refractivity contribution in [2.24, 2.45) is 16.1 Å². The molecule has 1 heterocycles. The molecule has 0 spiro atoms. The monoisotopic (exact) mass is 843 g/mol. The summed E-state index contributed by atoms with van der Waals surface area (Å²) in [6.07, 6.45) is 11.5. The number of hydrogen-bond acceptors (Lipinski definition) is 13. The standard InChI is InChI=1S/C46H61N5O8S/c1-6-7-8-9-10-11-12-16-19-39(46(53)54-5)33-43(52)59-31-30-58-29-28-57-27-26-56-25-24-55-23-22-51(35-38-17-14-13-15-18-38)40-20-21-41(36(2)32-40)49-50-45-44(48-4)37(3)42(34-47)60-45/h12-18,20-21,32,39H,6-11,19,22-31,33,35H2,1-3,5H3/b16-12+,50-49?. The summed E-state index contributed by atoms with van der Waals surface area (Å²) >= 11 is 1.18. The average Bonchev–Trinajstić information content (AvgIpc) is 3.58. The molecule has 0 aliphatic rings. The van der Waals surface area contributed by atoms with Gasteiger partial charge in [0.15, 0.2) is 0 Å². The number of azo groups is 1. The normalized spacial score (nSPS) is 11.8. The van der Waals surface area contributed by atoms with Crippen LogP contribution in [0.3, 0.4) is 0 Å². The van der Waals surface area contributed by atoms with Crippen molar-refractivity contribution in [2.45, 2.75) is 78.7 Å². The Hall–Kier alpha value is -4.96. The van der Waals surface area contributed by atoms with E-state index >= 15 is 0 Å². The van der Waals surface area contributed by atoms with Crippen molar-refractivity contribution >= 4 is 45.3 Å². The zero-order valence-electron chi connectivity index (χ0n) is 35.7. The fourth-order valence-electron chi connectivity index (χ4n) is 6.03. The zero-order valence-corrected chi connectivity index (χ0v) is 36.5. The second-order valence-corrected chi connectivity index (χ2v) is 15.0. The number of nitrogens with zero attached hydrogens (tertiary/aromatic N) is 5. The lowest BCUT2D eigenvalue weighted by molar-refractivity contribution is -0.154. The number of thiophene rings is 1. The van der Waals surface area contributed by atoms with Gasteiger partial charge in [0.05, 0.1) is 89.4 Å². The lowest BCUT2D eigenvalue weighted by atomic mass is 10.0. The first-order chi connectivity index (χ1) is 29.3. The number of aryl methyl sites for hydroxylation is 1. The minimum absolute atomic E-state index is 0.0321. The third-order valence-corrected chi connectivity index (χ3v) is 10.5. The number of carbonyl (C=O) groups excluding carboxylic acids is 2. The lowest BCUT2D eigenvalue weighted by Crippen LogP contribution is -2.27. The van der Waals surface area contributed by atoms with E-state index in [9.17, 15) is 14.9 Å². The number of nitriles is 1. The average molecular weight is 844 g/mol. The SMILES string of the molecule is [C-]#[N+]c1c(N=Nc2ccc(N(CCOCCOCCOCCOCCOC(=O)CC(C/C=C/CCCCCCC)C(=O)OC)Cc3ccccc3)cc2C)sc(C#N)c1C. The molecule has 0 radical (unpaired) electrons. The van der Waals surface area contributed by atoms with Gasteiger partial charge in [-0.2, -0.15) is 15.5 Å². The summed E-state index contributed by atoms with van der Waals surface area (Å²) in [4.78, 5) is 30.7. The summed E-state index contributed by atoms with van der Waals surface area (Å²) in [5.74, 6) is -1.43. The molecule has 324 valence electrons. The number of benzene rings is 2. The summed E-state index contributed by atoms with van der Waals surface area (Å²) in [6, 6.07) is 18.4. The van der Waals surface area contributed by atoms with Crippen LogP contribution < -0.4 is 4.90 Å². The number of rotatable bonds is 31. The summed E-state index contributed by atoms with van der Waals surface area (Å²) in [5, 5.41) is 18.5. The van der Waals surface area contributed by atoms with E-state index < -0.39 is 17.9 Å². The van der Waals surface area contributed by atoms with Crippen LogP contribution in [0.25, 0.3) is 4.85 Å². The molecule has 0 saturated heterocycles. The Morgan fingerprint density at radius 3 is 2.18 bits per heavy atom. The van der Waals surface area contributed by atoms with Gasteiger partial charge in [-0.15, -0.1) is 11.3 Å². The molecule has 0 amide bonds. The summed E-state index contributed by atoms with van der Waals surface area (Å²) in [7, 11) is 1.33. The Morgan fingerprint density at radius 2 is 1.55 bits per heavy atom. The predicted octanol–water partition coefficient (Wildman–Crippen LogP) is 10.3. The molecule has 0 saturated carbocycles. The van der Waals surface area contributed by atoms with E-state index in [0.717, 1.165) is 24.1 Å². The van der Waals surface area contributed by atoms with E-state index in [-0.39, 0.29) is 19.6 Å². The number of methoxy groups -OCH3 is 1. The molecule has 1 unspecified atom stereocenters. The molecule has 14 heteroatoms. The molecule has 2 aromatic carbocycles. The van der Waals surface area contributed by atoms with Crippen molar-refractivity contribution in [2.75, 3.05) is 78.0 Å². The molecule has 0 N–H and O–H groups in total. The number of ether oxygens (including phenoxy) is 6. The van der Waals surface area contributed by atoms with Crippen LogP contribution in [0.2, 0.25) is 0 Å². The Labute approximate surface area is 360 Å². The molecule has 0 aliphatic carbocycles. The number of hydrogen-bond donors (Lipinski definition) is 0. The first kappa shape index (κ1) is 49.4. The van der Waals surface area contributed by atoms with E-state index in [0.29, 0.717) is 92.6 Å². The van der Waals surface area contributed by atoms with Crippen molar-refractivity contribution in [3.8, 4) is 6.07 Å². The molecule has 3 rings (SSSR count). The maximum absolute atomic E-state index is 12.3. The van der Waals surface area contributed by atoms with Gasteiger partial charge < -0.3 is 33.3 Å². The molecule has 3 aromatic rings. The lowest BCUT2D eigenvalue weighted by Gasteiger charge is -2.25. The second kappa shape index (κ2) is 30.1. The Morgan fingerprint density at radius 1 is 0.883 bits per heavy atom. The van der Waals surface area contributed by atoms with Crippen molar-refractivity contribution < 1.29 is 38.0 Å². The molecule has 1 aromatic heterocycles. The number of allylic oxidation sites excluding steroid dienone is 2. The zero-order chi connectivity index (χ0) is 43.2. The van der Waals surface area contributed by atoms with Crippen molar-refractivity contribution in [1.82, 2.24) is 0 Å². The highest BCUT2D eigenvalue weighted by Crippen LogP contribution is 2.42. The van der Waals surface area contributed by atoms with Gasteiger partial charge in [0, 0.05) is 18.8 Å². The largest absolute Gasteiger partial charge is 0.469 e. The molecule has 60 heavy (non-hydrogen) atoms. The van der Waals surface area contributed by atoms with Crippen molar-refractivity contribution in [1.29, 1.82) is 5.26 Å². The fourth-order valence-corrected chi connectivity index (χ4v) is 6.90. The molecular weight excluding hydrogens is 783 g/mol. The van der Waals surface area contributed by atoms with Crippen LogP contribution in [0.1, 0.15) is 79.9 Å². The third-order valence-electron chi connectivity index (χ3n) is 9.44. The van der Waals surface area contributed by atoms with Gasteiger partial charge >= 0.3 is 11.9 Å². The molecule has 0 bridgehead atoms. The van der Waals surface area contributed by atoms with Gasteiger partial charge in [0.1, 0.15) is 17.7 Å². The number of unbranched alkanes of at least 4 members (excludes halogenated alkanes) is 5. The minimum Gasteiger partial charge on any atom is -0.469 e. The summed E-state index contributed by atoms with van der Waals surface area (Å²) in [5.41, 5.74) is 4.81. The van der Waals surface area contributed by atoms with Gasteiger partial charge in [0.25, 0.3) is 0 Å². The van der Waals surface area contributed by atoms with Crippen molar-refractivity contribution in [3.05, 3.63) is 93.7 Å². The van der Waals surface area contributed by atoms with Crippen LogP contribution >= 0.6 is 11.3 Å². The number of anilines is 1. The van der Waals surface area contributed by atoms with E-state index in [1.54, 1.807) is 6.92 Å². The second-order valence-electron chi connectivity index (χ2n) is 14.0. The Balaban J connectivity index is 1.28. The highest BCUT2D eigenvalue weighted by molar-refractivity contribution is 7.17. The summed E-state index contributed by atoms with van der Waals surface area (Å²) < 4.78 is 32.8. The highest BCUT2D eigenvalue weighted by atomic mass is 32.1. The van der Waals surface area contributed by atoms with Gasteiger partial charge in [-0.1, -0.05) is 75.1 Å². The first-order valence-corrected chi connectivity index (χ1v) is 21.5. The van der Waals surface area contributed by atoms with E-state index in [1.807, 2.05) is 43.3 Å².